The van der Waals surface area contributed by atoms with Gasteiger partial charge in [0.25, 0.3) is 5.69 Å². The molecular formula is C14H21ClN4O3. The lowest BCUT2D eigenvalue weighted by Gasteiger charge is -2.16. The Bertz CT molecular complexity index is 527. The van der Waals surface area contributed by atoms with Crippen molar-refractivity contribution < 1.29 is 9.72 Å². The second-order valence-electron chi connectivity index (χ2n) is 5.18. The summed E-state index contributed by atoms with van der Waals surface area (Å²) in [5.74, 6) is 0.467. The highest BCUT2D eigenvalue weighted by Crippen LogP contribution is 2.23. The average Bonchev–Trinajstić information content (AvgIpc) is 2.96. The maximum atomic E-state index is 12.0. The highest BCUT2D eigenvalue weighted by molar-refractivity contribution is 5.85. The van der Waals surface area contributed by atoms with Crippen molar-refractivity contribution in [2.45, 2.75) is 12.8 Å². The molecule has 0 saturated carbocycles. The average molecular weight is 329 g/mol. The zero-order valence-electron chi connectivity index (χ0n) is 12.2. The number of nitro benzene ring substituents is 1. The molecule has 1 amide bonds. The predicted octanol–water partition coefficient (Wildman–Crippen LogP) is 1.63. The molecule has 8 heteroatoms. The van der Waals surface area contributed by atoms with Gasteiger partial charge in [-0.25, -0.2) is 0 Å². The quantitative estimate of drug-likeness (QED) is 0.610. The summed E-state index contributed by atoms with van der Waals surface area (Å²) in [6.07, 6.45) is 1.28. The fourth-order valence-electron chi connectivity index (χ4n) is 2.50. The molecule has 1 fully saturated rings. The lowest BCUT2D eigenvalue weighted by molar-refractivity contribution is -0.384. The summed E-state index contributed by atoms with van der Waals surface area (Å²) in [5.41, 5.74) is 6.07. The number of nitro groups is 1. The van der Waals surface area contributed by atoms with Crippen LogP contribution in [0.5, 0.6) is 0 Å². The van der Waals surface area contributed by atoms with Crippen molar-refractivity contribution in [1.82, 2.24) is 4.90 Å². The van der Waals surface area contributed by atoms with Crippen LogP contribution in [0.1, 0.15) is 12.8 Å². The van der Waals surface area contributed by atoms with Crippen molar-refractivity contribution >= 4 is 29.7 Å². The highest BCUT2D eigenvalue weighted by Gasteiger charge is 2.24. The van der Waals surface area contributed by atoms with Crippen molar-refractivity contribution in [2.24, 2.45) is 11.7 Å². The molecule has 22 heavy (non-hydrogen) atoms. The summed E-state index contributed by atoms with van der Waals surface area (Å²) in [6.45, 7) is 2.47. The van der Waals surface area contributed by atoms with E-state index in [1.165, 1.54) is 6.07 Å². The molecule has 7 nitrogen and oxygen atoms in total. The summed E-state index contributed by atoms with van der Waals surface area (Å²) in [7, 11) is 0. The van der Waals surface area contributed by atoms with Gasteiger partial charge >= 0.3 is 0 Å². The second kappa shape index (κ2) is 8.55. The minimum absolute atomic E-state index is 0. The van der Waals surface area contributed by atoms with E-state index in [-0.39, 0.29) is 24.0 Å². The first kappa shape index (κ1) is 18.2. The first-order valence-electron chi connectivity index (χ1n) is 7.07. The first-order valence-corrected chi connectivity index (χ1v) is 7.07. The summed E-state index contributed by atoms with van der Waals surface area (Å²) >= 11 is 0. The van der Waals surface area contributed by atoms with Gasteiger partial charge in [-0.2, -0.15) is 0 Å². The number of carbonyl (C=O) groups is 1. The zero-order valence-corrected chi connectivity index (χ0v) is 13.1. The number of nitrogens with one attached hydrogen (secondary N) is 1. The largest absolute Gasteiger partial charge is 0.379 e. The van der Waals surface area contributed by atoms with Crippen LogP contribution in [0.4, 0.5) is 11.4 Å². The molecule has 1 unspecified atom stereocenters. The third-order valence-corrected chi connectivity index (χ3v) is 3.73. The van der Waals surface area contributed by atoms with Gasteiger partial charge in [-0.1, -0.05) is 12.1 Å². The molecule has 1 aliphatic heterocycles. The summed E-state index contributed by atoms with van der Waals surface area (Å²) in [5, 5.41) is 13.8. The number of benzene rings is 1. The number of likely N-dealkylation sites (tertiary alicyclic amines) is 1. The van der Waals surface area contributed by atoms with Crippen molar-refractivity contribution in [3.63, 3.8) is 0 Å². The smallest absolute Gasteiger partial charge is 0.292 e. The molecule has 0 spiro atoms. The Morgan fingerprint density at radius 2 is 2.18 bits per heavy atom. The van der Waals surface area contributed by atoms with E-state index in [0.717, 1.165) is 19.5 Å². The van der Waals surface area contributed by atoms with Crippen molar-refractivity contribution in [3.8, 4) is 0 Å². The molecule has 1 atom stereocenters. The molecule has 1 heterocycles. The number of halogens is 1. The molecule has 0 aromatic heterocycles. The Morgan fingerprint density at radius 3 is 2.82 bits per heavy atom. The van der Waals surface area contributed by atoms with E-state index in [1.54, 1.807) is 18.2 Å². The Kier molecular flexibility index (Phi) is 7.07. The fraction of sp³-hybridized carbons (Fsp3) is 0.500. The Labute approximate surface area is 135 Å². The van der Waals surface area contributed by atoms with Crippen LogP contribution >= 0.6 is 12.4 Å². The molecule has 2 rings (SSSR count). The summed E-state index contributed by atoms with van der Waals surface area (Å²) in [4.78, 5) is 24.3. The molecule has 3 N–H and O–H groups in total. The molecule has 0 bridgehead atoms. The number of carbonyl (C=O) groups excluding carboxylic acids is 1. The third kappa shape index (κ3) is 4.57. The number of rotatable bonds is 6. The number of nitrogens with zero attached hydrogens (tertiary/aromatic N) is 2. The molecule has 1 saturated heterocycles. The van der Waals surface area contributed by atoms with Gasteiger partial charge in [0.1, 0.15) is 5.69 Å². The second-order valence-corrected chi connectivity index (χ2v) is 5.18. The SMILES string of the molecule is Cl.NCC1CCN(C(=O)CCNc2ccccc2[N+](=O)[O-])C1. The number of amides is 1. The van der Waals surface area contributed by atoms with Crippen LogP contribution in [-0.2, 0) is 4.79 Å². The lowest BCUT2D eigenvalue weighted by atomic mass is 10.1. The van der Waals surface area contributed by atoms with E-state index in [1.807, 2.05) is 4.90 Å². The normalized spacial score (nSPS) is 17.0. The Balaban J connectivity index is 0.00000242. The van der Waals surface area contributed by atoms with E-state index >= 15 is 0 Å². The van der Waals surface area contributed by atoms with Gasteiger partial charge in [0, 0.05) is 32.1 Å². The molecule has 1 aromatic rings. The summed E-state index contributed by atoms with van der Waals surface area (Å²) < 4.78 is 0. The third-order valence-electron chi connectivity index (χ3n) is 3.73. The van der Waals surface area contributed by atoms with Crippen LogP contribution in [0, 0.1) is 16.0 Å². The van der Waals surface area contributed by atoms with Gasteiger partial charge in [0.2, 0.25) is 5.91 Å². The number of nitrogens with two attached hydrogens (primary N) is 1. The van der Waals surface area contributed by atoms with Crippen LogP contribution in [-0.4, -0.2) is 41.9 Å². The van der Waals surface area contributed by atoms with Gasteiger partial charge in [0.05, 0.1) is 4.92 Å². The zero-order chi connectivity index (χ0) is 15.2. The molecule has 122 valence electrons. The molecule has 0 aliphatic carbocycles. The fourth-order valence-corrected chi connectivity index (χ4v) is 2.50. The molecular weight excluding hydrogens is 308 g/mol. The number of hydrogen-bond acceptors (Lipinski definition) is 5. The monoisotopic (exact) mass is 328 g/mol. The molecule has 1 aliphatic rings. The minimum Gasteiger partial charge on any atom is -0.379 e. The standard InChI is InChI=1S/C14H20N4O3.ClH/c15-9-11-6-8-17(10-11)14(19)5-7-16-12-3-1-2-4-13(12)18(20)21;/h1-4,11,16H,5-10,15H2;1H. The van der Waals surface area contributed by atoms with Crippen LogP contribution < -0.4 is 11.1 Å². The number of para-hydroxylation sites is 2. The van der Waals surface area contributed by atoms with Gasteiger partial charge in [-0.15, -0.1) is 12.4 Å². The van der Waals surface area contributed by atoms with Gasteiger partial charge in [0.15, 0.2) is 0 Å². The van der Waals surface area contributed by atoms with Crippen molar-refractivity contribution in [1.29, 1.82) is 0 Å². The minimum atomic E-state index is -0.434. The topological polar surface area (TPSA) is 102 Å². The number of anilines is 1. The van der Waals surface area contributed by atoms with Crippen LogP contribution in [0.2, 0.25) is 0 Å². The van der Waals surface area contributed by atoms with Gasteiger partial charge in [-0.05, 0) is 24.9 Å². The van der Waals surface area contributed by atoms with Gasteiger partial charge in [-0.3, -0.25) is 14.9 Å². The summed E-state index contributed by atoms with van der Waals surface area (Å²) in [6, 6.07) is 6.43. The van der Waals surface area contributed by atoms with Crippen molar-refractivity contribution in [2.75, 3.05) is 31.5 Å². The highest BCUT2D eigenvalue weighted by atomic mass is 35.5. The Morgan fingerprint density at radius 1 is 1.45 bits per heavy atom. The Hall–Kier alpha value is -1.86. The first-order chi connectivity index (χ1) is 10.1. The van der Waals surface area contributed by atoms with Crippen LogP contribution in [0.25, 0.3) is 0 Å². The van der Waals surface area contributed by atoms with Crippen molar-refractivity contribution in [3.05, 3.63) is 34.4 Å². The van der Waals surface area contributed by atoms with E-state index in [4.69, 9.17) is 5.73 Å². The van der Waals surface area contributed by atoms with Crippen LogP contribution in [0.3, 0.4) is 0 Å². The van der Waals surface area contributed by atoms with E-state index < -0.39 is 4.92 Å². The van der Waals surface area contributed by atoms with Gasteiger partial charge < -0.3 is 16.0 Å². The number of hydrogen-bond donors (Lipinski definition) is 2. The van der Waals surface area contributed by atoms with E-state index in [0.29, 0.717) is 31.1 Å². The maximum absolute atomic E-state index is 12.0. The lowest BCUT2D eigenvalue weighted by Crippen LogP contribution is -2.31. The van der Waals surface area contributed by atoms with Crippen LogP contribution in [0.15, 0.2) is 24.3 Å². The predicted molar refractivity (Wildman–Crippen MR) is 87.2 cm³/mol. The molecule has 1 aromatic carbocycles. The van der Waals surface area contributed by atoms with E-state index in [9.17, 15) is 14.9 Å². The molecule has 0 radical (unpaired) electrons. The maximum Gasteiger partial charge on any atom is 0.292 e. The van der Waals surface area contributed by atoms with E-state index in [2.05, 4.69) is 5.32 Å².